The van der Waals surface area contributed by atoms with E-state index in [1.807, 2.05) is 25.1 Å². The Bertz CT molecular complexity index is 960. The van der Waals surface area contributed by atoms with Crippen LogP contribution in [0.15, 0.2) is 53.3 Å². The Morgan fingerprint density at radius 3 is 2.73 bits per heavy atom. The van der Waals surface area contributed by atoms with E-state index in [0.717, 1.165) is 11.3 Å². The van der Waals surface area contributed by atoms with E-state index in [-0.39, 0.29) is 11.5 Å². The van der Waals surface area contributed by atoms with Gasteiger partial charge < -0.3 is 9.88 Å². The number of carbonyl (C=O) groups excluding carboxylic acids is 1. The molecule has 7 heteroatoms. The zero-order chi connectivity index (χ0) is 18.5. The lowest BCUT2D eigenvalue weighted by Gasteiger charge is -2.09. The van der Waals surface area contributed by atoms with E-state index in [1.54, 1.807) is 28.8 Å². The van der Waals surface area contributed by atoms with Crippen LogP contribution < -0.4 is 10.9 Å². The van der Waals surface area contributed by atoms with E-state index in [0.29, 0.717) is 35.9 Å². The van der Waals surface area contributed by atoms with E-state index in [2.05, 4.69) is 15.5 Å². The van der Waals surface area contributed by atoms with Crippen LogP contribution in [0, 0.1) is 6.92 Å². The fourth-order valence-corrected chi connectivity index (χ4v) is 2.78. The first kappa shape index (κ1) is 17.9. The van der Waals surface area contributed by atoms with Gasteiger partial charge in [-0.15, -0.1) is 0 Å². The van der Waals surface area contributed by atoms with Crippen molar-refractivity contribution >= 4 is 17.5 Å². The van der Waals surface area contributed by atoms with Crippen LogP contribution >= 0.6 is 11.6 Å². The maximum atomic E-state index is 12.2. The Labute approximate surface area is 155 Å². The molecule has 0 radical (unpaired) electrons. The molecule has 0 unspecified atom stereocenters. The van der Waals surface area contributed by atoms with Crippen molar-refractivity contribution in [3.8, 4) is 11.3 Å². The summed E-state index contributed by atoms with van der Waals surface area (Å²) in [4.78, 5) is 24.0. The van der Waals surface area contributed by atoms with Crippen LogP contribution in [-0.4, -0.2) is 27.2 Å². The van der Waals surface area contributed by atoms with Crippen molar-refractivity contribution in [3.63, 3.8) is 0 Å². The number of carbonyl (C=O) groups is 1. The molecule has 6 nitrogen and oxygen atoms in total. The molecule has 0 bridgehead atoms. The number of hydrogen-bond acceptors (Lipinski definition) is 3. The Morgan fingerprint density at radius 1 is 1.23 bits per heavy atom. The third kappa shape index (κ3) is 4.21. The van der Waals surface area contributed by atoms with E-state index >= 15 is 0 Å². The highest BCUT2D eigenvalue weighted by atomic mass is 35.5. The lowest BCUT2D eigenvalue weighted by atomic mass is 10.1. The van der Waals surface area contributed by atoms with Crippen LogP contribution in [-0.2, 0) is 6.54 Å². The first-order chi connectivity index (χ1) is 12.5. The Balaban J connectivity index is 1.54. The quantitative estimate of drug-likeness (QED) is 0.654. The zero-order valence-corrected chi connectivity index (χ0v) is 15.1. The summed E-state index contributed by atoms with van der Waals surface area (Å²) in [6, 6.07) is 14.1. The second kappa shape index (κ2) is 8.01. The van der Waals surface area contributed by atoms with Gasteiger partial charge in [-0.1, -0.05) is 29.8 Å². The number of hydrogen-bond donors (Lipinski definition) is 2. The van der Waals surface area contributed by atoms with Crippen molar-refractivity contribution in [3.05, 3.63) is 75.3 Å². The van der Waals surface area contributed by atoms with Crippen molar-refractivity contribution < 1.29 is 4.79 Å². The van der Waals surface area contributed by atoms with Gasteiger partial charge in [0, 0.05) is 35.4 Å². The standard InChI is InChI=1S/C19H19ClN4O2/c1-13-4-2-5-18(25)24(13)11-3-10-21-19(26)17-12-16(22-23-17)14-6-8-15(20)9-7-14/h2,4-9,12H,3,10-11H2,1H3,(H,21,26)(H,22,23). The molecule has 0 aliphatic heterocycles. The number of halogens is 1. The average Bonchev–Trinajstić information content (AvgIpc) is 3.11. The van der Waals surface area contributed by atoms with Crippen LogP contribution in [0.5, 0.6) is 0 Å². The highest BCUT2D eigenvalue weighted by Crippen LogP contribution is 2.20. The summed E-state index contributed by atoms with van der Waals surface area (Å²) in [5.41, 5.74) is 2.83. The van der Waals surface area contributed by atoms with Gasteiger partial charge in [0.15, 0.2) is 0 Å². The predicted molar refractivity (Wildman–Crippen MR) is 101 cm³/mol. The predicted octanol–water partition coefficient (Wildman–Crippen LogP) is 3.02. The molecule has 0 fully saturated rings. The minimum absolute atomic E-state index is 0.0301. The van der Waals surface area contributed by atoms with Crippen molar-refractivity contribution in [1.29, 1.82) is 0 Å². The fraction of sp³-hybridized carbons (Fsp3) is 0.211. The third-order valence-corrected chi connectivity index (χ3v) is 4.33. The van der Waals surface area contributed by atoms with Crippen LogP contribution in [0.2, 0.25) is 5.02 Å². The summed E-state index contributed by atoms with van der Waals surface area (Å²) in [7, 11) is 0. The topological polar surface area (TPSA) is 79.8 Å². The number of pyridine rings is 1. The smallest absolute Gasteiger partial charge is 0.269 e. The van der Waals surface area contributed by atoms with Gasteiger partial charge in [-0.3, -0.25) is 14.7 Å². The van der Waals surface area contributed by atoms with Gasteiger partial charge in [-0.2, -0.15) is 5.10 Å². The highest BCUT2D eigenvalue weighted by Gasteiger charge is 2.10. The van der Waals surface area contributed by atoms with Gasteiger partial charge in [0.1, 0.15) is 5.69 Å². The molecular formula is C19H19ClN4O2. The SMILES string of the molecule is Cc1cccc(=O)n1CCCNC(=O)c1cc(-c2ccc(Cl)cc2)n[nH]1. The summed E-state index contributed by atoms with van der Waals surface area (Å²) in [5, 5.41) is 10.4. The van der Waals surface area contributed by atoms with Gasteiger partial charge in [-0.25, -0.2) is 0 Å². The summed E-state index contributed by atoms with van der Waals surface area (Å²) in [5.74, 6) is -0.227. The first-order valence-electron chi connectivity index (χ1n) is 8.30. The molecule has 0 atom stereocenters. The largest absolute Gasteiger partial charge is 0.351 e. The summed E-state index contributed by atoms with van der Waals surface area (Å²) >= 11 is 5.88. The van der Waals surface area contributed by atoms with Crippen LogP contribution in [0.3, 0.4) is 0 Å². The van der Waals surface area contributed by atoms with Crippen LogP contribution in [0.1, 0.15) is 22.6 Å². The lowest BCUT2D eigenvalue weighted by Crippen LogP contribution is -2.27. The fourth-order valence-electron chi connectivity index (χ4n) is 2.65. The minimum atomic E-state index is -0.227. The van der Waals surface area contributed by atoms with Gasteiger partial charge >= 0.3 is 0 Å². The number of aryl methyl sites for hydroxylation is 1. The number of aromatic amines is 1. The van der Waals surface area contributed by atoms with Gasteiger partial charge in [0.25, 0.3) is 11.5 Å². The molecule has 26 heavy (non-hydrogen) atoms. The molecule has 1 amide bonds. The van der Waals surface area contributed by atoms with Gasteiger partial charge in [-0.05, 0) is 37.6 Å². The van der Waals surface area contributed by atoms with E-state index in [9.17, 15) is 9.59 Å². The number of benzene rings is 1. The number of aromatic nitrogens is 3. The number of amides is 1. The highest BCUT2D eigenvalue weighted by molar-refractivity contribution is 6.30. The molecule has 134 valence electrons. The summed E-state index contributed by atoms with van der Waals surface area (Å²) < 4.78 is 1.70. The van der Waals surface area contributed by atoms with Crippen molar-refractivity contribution in [2.45, 2.75) is 19.9 Å². The molecule has 0 saturated heterocycles. The molecule has 0 aliphatic rings. The monoisotopic (exact) mass is 370 g/mol. The van der Waals surface area contributed by atoms with E-state index in [4.69, 9.17) is 11.6 Å². The average molecular weight is 371 g/mol. The molecule has 3 aromatic rings. The Morgan fingerprint density at radius 2 is 2.00 bits per heavy atom. The minimum Gasteiger partial charge on any atom is -0.351 e. The van der Waals surface area contributed by atoms with Crippen LogP contribution in [0.4, 0.5) is 0 Å². The molecule has 1 aromatic carbocycles. The maximum absolute atomic E-state index is 12.2. The number of H-pyrrole nitrogens is 1. The third-order valence-electron chi connectivity index (χ3n) is 4.07. The number of rotatable bonds is 6. The molecule has 3 rings (SSSR count). The molecule has 0 spiro atoms. The molecule has 2 heterocycles. The normalized spacial score (nSPS) is 10.7. The molecule has 2 aromatic heterocycles. The van der Waals surface area contributed by atoms with E-state index in [1.165, 1.54) is 6.07 Å². The molecule has 0 saturated carbocycles. The first-order valence-corrected chi connectivity index (χ1v) is 8.68. The van der Waals surface area contributed by atoms with Crippen molar-refractivity contribution in [2.24, 2.45) is 0 Å². The second-order valence-corrected chi connectivity index (χ2v) is 6.38. The molecule has 0 aliphatic carbocycles. The van der Waals surface area contributed by atoms with Gasteiger partial charge in [0.05, 0.1) is 5.69 Å². The Hall–Kier alpha value is -2.86. The summed E-state index contributed by atoms with van der Waals surface area (Å²) in [6.07, 6.45) is 0.661. The van der Waals surface area contributed by atoms with E-state index < -0.39 is 0 Å². The lowest BCUT2D eigenvalue weighted by molar-refractivity contribution is 0.0947. The number of nitrogens with zero attached hydrogens (tertiary/aromatic N) is 2. The molecular weight excluding hydrogens is 352 g/mol. The maximum Gasteiger partial charge on any atom is 0.269 e. The van der Waals surface area contributed by atoms with Crippen molar-refractivity contribution in [2.75, 3.05) is 6.54 Å². The summed E-state index contributed by atoms with van der Waals surface area (Å²) in [6.45, 7) is 2.92. The zero-order valence-electron chi connectivity index (χ0n) is 14.3. The second-order valence-electron chi connectivity index (χ2n) is 5.94. The molecule has 2 N–H and O–H groups in total. The van der Waals surface area contributed by atoms with Crippen molar-refractivity contribution in [1.82, 2.24) is 20.1 Å². The Kier molecular flexibility index (Phi) is 5.53. The number of nitrogens with one attached hydrogen (secondary N) is 2. The van der Waals surface area contributed by atoms with Gasteiger partial charge in [0.2, 0.25) is 0 Å². The van der Waals surface area contributed by atoms with Crippen LogP contribution in [0.25, 0.3) is 11.3 Å².